The summed E-state index contributed by atoms with van der Waals surface area (Å²) in [5, 5.41) is 17.1. The first-order valence-corrected chi connectivity index (χ1v) is 5.17. The lowest BCUT2D eigenvalue weighted by Crippen LogP contribution is -2.07. The average molecular weight is 200 g/mol. The fourth-order valence-corrected chi connectivity index (χ4v) is 1.07. The Kier molecular flexibility index (Phi) is 8.24. The molecular weight excluding hydrogens is 180 g/mol. The SMILES string of the molecule is CC(C/C=C/CCCCCO)C(=O)O. The zero-order valence-corrected chi connectivity index (χ0v) is 8.78. The number of unbranched alkanes of at least 4 members (excludes halogenated alkanes) is 3. The van der Waals surface area contributed by atoms with E-state index in [1.165, 1.54) is 0 Å². The van der Waals surface area contributed by atoms with E-state index in [0.717, 1.165) is 25.7 Å². The molecule has 0 spiro atoms. The van der Waals surface area contributed by atoms with E-state index in [4.69, 9.17) is 10.2 Å². The highest BCUT2D eigenvalue weighted by Crippen LogP contribution is 2.05. The summed E-state index contributed by atoms with van der Waals surface area (Å²) in [5.41, 5.74) is 0. The van der Waals surface area contributed by atoms with E-state index in [1.54, 1.807) is 6.92 Å². The number of aliphatic carboxylic acids is 1. The number of hydrogen-bond donors (Lipinski definition) is 2. The predicted molar refractivity (Wildman–Crippen MR) is 56.1 cm³/mol. The third-order valence-corrected chi connectivity index (χ3v) is 2.11. The van der Waals surface area contributed by atoms with Crippen molar-refractivity contribution in [2.45, 2.75) is 39.0 Å². The molecule has 2 N–H and O–H groups in total. The summed E-state index contributed by atoms with van der Waals surface area (Å²) in [7, 11) is 0. The molecule has 0 aromatic carbocycles. The maximum atomic E-state index is 10.4. The van der Waals surface area contributed by atoms with Gasteiger partial charge in [-0.15, -0.1) is 0 Å². The van der Waals surface area contributed by atoms with Crippen molar-refractivity contribution in [3.05, 3.63) is 12.2 Å². The van der Waals surface area contributed by atoms with Gasteiger partial charge in [-0.25, -0.2) is 0 Å². The summed E-state index contributed by atoms with van der Waals surface area (Å²) >= 11 is 0. The molecule has 3 nitrogen and oxygen atoms in total. The number of rotatable bonds is 8. The molecule has 0 amide bonds. The largest absolute Gasteiger partial charge is 0.481 e. The van der Waals surface area contributed by atoms with Gasteiger partial charge in [0.2, 0.25) is 0 Å². The van der Waals surface area contributed by atoms with Gasteiger partial charge in [0.05, 0.1) is 5.92 Å². The van der Waals surface area contributed by atoms with Crippen LogP contribution in [0.25, 0.3) is 0 Å². The van der Waals surface area contributed by atoms with Gasteiger partial charge < -0.3 is 10.2 Å². The topological polar surface area (TPSA) is 57.5 Å². The molecule has 0 saturated carbocycles. The third kappa shape index (κ3) is 7.80. The molecule has 0 fully saturated rings. The van der Waals surface area contributed by atoms with Crippen molar-refractivity contribution in [1.82, 2.24) is 0 Å². The Hall–Kier alpha value is -0.830. The van der Waals surface area contributed by atoms with Crippen LogP contribution < -0.4 is 0 Å². The standard InChI is InChI=1S/C11H20O3/c1-10(11(13)14)8-6-4-2-3-5-7-9-12/h4,6,10,12H,2-3,5,7-9H2,1H3,(H,13,14)/b6-4+. The summed E-state index contributed by atoms with van der Waals surface area (Å²) in [6, 6.07) is 0. The van der Waals surface area contributed by atoms with E-state index in [0.29, 0.717) is 6.42 Å². The number of hydrogen-bond acceptors (Lipinski definition) is 2. The van der Waals surface area contributed by atoms with Gasteiger partial charge >= 0.3 is 5.97 Å². The van der Waals surface area contributed by atoms with Crippen LogP contribution in [0.3, 0.4) is 0 Å². The first kappa shape index (κ1) is 13.2. The van der Waals surface area contributed by atoms with Gasteiger partial charge in [-0.1, -0.05) is 25.5 Å². The Morgan fingerprint density at radius 1 is 1.29 bits per heavy atom. The van der Waals surface area contributed by atoms with E-state index in [9.17, 15) is 4.79 Å². The van der Waals surface area contributed by atoms with Crippen molar-refractivity contribution < 1.29 is 15.0 Å². The molecule has 0 aromatic heterocycles. The summed E-state index contributed by atoms with van der Waals surface area (Å²) in [6.07, 6.45) is 8.50. The Labute approximate surface area is 85.4 Å². The smallest absolute Gasteiger partial charge is 0.306 e. The highest BCUT2D eigenvalue weighted by Gasteiger charge is 2.06. The Bertz CT molecular complexity index is 175. The van der Waals surface area contributed by atoms with Crippen LogP contribution in [0, 0.1) is 5.92 Å². The third-order valence-electron chi connectivity index (χ3n) is 2.11. The lowest BCUT2D eigenvalue weighted by Gasteiger charge is -2.00. The molecule has 0 rings (SSSR count). The molecule has 14 heavy (non-hydrogen) atoms. The minimum absolute atomic E-state index is 0.264. The van der Waals surface area contributed by atoms with Crippen LogP contribution in [-0.2, 0) is 4.79 Å². The Morgan fingerprint density at radius 2 is 2.00 bits per heavy atom. The number of allylic oxidation sites excluding steroid dienone is 2. The van der Waals surface area contributed by atoms with Gasteiger partial charge in [-0.05, 0) is 25.7 Å². The van der Waals surface area contributed by atoms with Crippen LogP contribution in [0.4, 0.5) is 0 Å². The predicted octanol–water partition coefficient (Wildman–Crippen LogP) is 2.21. The maximum Gasteiger partial charge on any atom is 0.306 e. The highest BCUT2D eigenvalue weighted by molar-refractivity contribution is 5.69. The van der Waals surface area contributed by atoms with Gasteiger partial charge in [0.15, 0.2) is 0 Å². The number of aliphatic hydroxyl groups is 1. The number of aliphatic hydroxyl groups excluding tert-OH is 1. The van der Waals surface area contributed by atoms with Gasteiger partial charge in [0, 0.05) is 6.61 Å². The number of carboxylic acids is 1. The summed E-state index contributed by atoms with van der Waals surface area (Å²) in [5.74, 6) is -1.03. The fourth-order valence-electron chi connectivity index (χ4n) is 1.07. The fraction of sp³-hybridized carbons (Fsp3) is 0.727. The molecule has 1 atom stereocenters. The molecule has 0 aliphatic carbocycles. The second kappa shape index (κ2) is 8.75. The lowest BCUT2D eigenvalue weighted by atomic mass is 10.1. The van der Waals surface area contributed by atoms with Crippen LogP contribution in [0.5, 0.6) is 0 Å². The molecule has 0 aliphatic rings. The minimum atomic E-state index is -0.741. The second-order valence-electron chi connectivity index (χ2n) is 3.52. The van der Waals surface area contributed by atoms with E-state index in [2.05, 4.69) is 0 Å². The Morgan fingerprint density at radius 3 is 2.57 bits per heavy atom. The van der Waals surface area contributed by atoms with Gasteiger partial charge in [0.25, 0.3) is 0 Å². The first-order valence-electron chi connectivity index (χ1n) is 5.17. The van der Waals surface area contributed by atoms with Crippen molar-refractivity contribution >= 4 is 5.97 Å². The summed E-state index contributed by atoms with van der Waals surface area (Å²) in [6.45, 7) is 1.97. The van der Waals surface area contributed by atoms with E-state index < -0.39 is 5.97 Å². The van der Waals surface area contributed by atoms with Crippen LogP contribution in [0.1, 0.15) is 39.0 Å². The van der Waals surface area contributed by atoms with Crippen molar-refractivity contribution in [2.24, 2.45) is 5.92 Å². The van der Waals surface area contributed by atoms with Crippen molar-refractivity contribution in [3.63, 3.8) is 0 Å². The van der Waals surface area contributed by atoms with Crippen molar-refractivity contribution in [3.8, 4) is 0 Å². The molecule has 0 heterocycles. The molecule has 1 unspecified atom stereocenters. The quantitative estimate of drug-likeness (QED) is 0.466. The molecule has 0 bridgehead atoms. The monoisotopic (exact) mass is 200 g/mol. The maximum absolute atomic E-state index is 10.4. The average Bonchev–Trinajstić information content (AvgIpc) is 2.16. The van der Waals surface area contributed by atoms with E-state index in [-0.39, 0.29) is 12.5 Å². The highest BCUT2D eigenvalue weighted by atomic mass is 16.4. The van der Waals surface area contributed by atoms with Crippen LogP contribution in [-0.4, -0.2) is 22.8 Å². The zero-order valence-electron chi connectivity index (χ0n) is 8.78. The first-order chi connectivity index (χ1) is 6.68. The molecule has 0 aliphatic heterocycles. The van der Waals surface area contributed by atoms with Crippen molar-refractivity contribution in [2.75, 3.05) is 6.61 Å². The molecule has 3 heteroatoms. The van der Waals surface area contributed by atoms with Crippen LogP contribution in [0.2, 0.25) is 0 Å². The van der Waals surface area contributed by atoms with Gasteiger partial charge in [0.1, 0.15) is 0 Å². The molecule has 82 valence electrons. The summed E-state index contributed by atoms with van der Waals surface area (Å²) in [4.78, 5) is 10.4. The number of carbonyl (C=O) groups is 1. The zero-order chi connectivity index (χ0) is 10.8. The second-order valence-corrected chi connectivity index (χ2v) is 3.52. The lowest BCUT2D eigenvalue weighted by molar-refractivity contribution is -0.140. The molecule has 0 radical (unpaired) electrons. The molecule has 0 saturated heterocycles. The molecular formula is C11H20O3. The normalized spacial score (nSPS) is 13.3. The Balaban J connectivity index is 3.31. The van der Waals surface area contributed by atoms with Crippen LogP contribution >= 0.6 is 0 Å². The van der Waals surface area contributed by atoms with Gasteiger partial charge in [-0.2, -0.15) is 0 Å². The molecule has 0 aromatic rings. The van der Waals surface area contributed by atoms with Gasteiger partial charge in [-0.3, -0.25) is 4.79 Å². The summed E-state index contributed by atoms with van der Waals surface area (Å²) < 4.78 is 0. The number of carboxylic acid groups (broad SMARTS) is 1. The van der Waals surface area contributed by atoms with E-state index >= 15 is 0 Å². The minimum Gasteiger partial charge on any atom is -0.481 e. The van der Waals surface area contributed by atoms with E-state index in [1.807, 2.05) is 12.2 Å². The van der Waals surface area contributed by atoms with Crippen molar-refractivity contribution in [1.29, 1.82) is 0 Å². The van der Waals surface area contributed by atoms with Crippen LogP contribution in [0.15, 0.2) is 12.2 Å².